The second-order valence-corrected chi connectivity index (χ2v) is 8.09. The molecule has 0 N–H and O–H groups in total. The number of nitrogens with zero attached hydrogens (tertiary/aromatic N) is 4. The number of fused-ring (bicyclic) bond motifs is 1. The zero-order valence-electron chi connectivity index (χ0n) is 16.0. The van der Waals surface area contributed by atoms with Crippen LogP contribution in [0.4, 0.5) is 8.78 Å². The molecule has 3 aromatic heterocycles. The van der Waals surface area contributed by atoms with Crippen LogP contribution in [0.5, 0.6) is 0 Å². The molecule has 2 aromatic carbocycles. The quantitative estimate of drug-likeness (QED) is 0.390. The zero-order chi connectivity index (χ0) is 22.4. The van der Waals surface area contributed by atoms with Crippen molar-refractivity contribution in [3.05, 3.63) is 97.3 Å². The van der Waals surface area contributed by atoms with Gasteiger partial charge in [-0.05, 0) is 47.8 Å². The molecule has 0 fully saturated rings. The fourth-order valence-electron chi connectivity index (χ4n) is 3.29. The largest absolute Gasteiger partial charge is 0.337 e. The van der Waals surface area contributed by atoms with Gasteiger partial charge in [0.2, 0.25) is 11.7 Å². The fraction of sp³-hybridized carbons (Fsp3) is 0.0476. The van der Waals surface area contributed by atoms with Gasteiger partial charge in [-0.25, -0.2) is 18.1 Å². The third-order valence-corrected chi connectivity index (χ3v) is 5.94. The molecule has 0 amide bonds. The third-order valence-electron chi connectivity index (χ3n) is 4.76. The van der Waals surface area contributed by atoms with E-state index >= 15 is 0 Å². The molecule has 32 heavy (non-hydrogen) atoms. The van der Waals surface area contributed by atoms with Gasteiger partial charge < -0.3 is 4.52 Å². The van der Waals surface area contributed by atoms with E-state index < -0.39 is 22.9 Å². The van der Waals surface area contributed by atoms with Crippen molar-refractivity contribution in [1.29, 1.82) is 0 Å². The molecule has 0 aliphatic carbocycles. The van der Waals surface area contributed by atoms with Gasteiger partial charge in [0, 0.05) is 5.56 Å². The summed E-state index contributed by atoms with van der Waals surface area (Å²) in [7, 11) is 0. The van der Waals surface area contributed by atoms with E-state index in [1.54, 1.807) is 11.4 Å². The maximum atomic E-state index is 13.7. The predicted octanol–water partition coefficient (Wildman–Crippen LogP) is 4.24. The minimum absolute atomic E-state index is 0.0829. The van der Waals surface area contributed by atoms with Gasteiger partial charge in [-0.15, -0.1) is 11.3 Å². The first kappa shape index (κ1) is 20.3. The third kappa shape index (κ3) is 3.43. The molecule has 160 valence electrons. The van der Waals surface area contributed by atoms with Crippen LogP contribution in [-0.4, -0.2) is 19.3 Å². The maximum Gasteiger partial charge on any atom is 0.336 e. The predicted molar refractivity (Wildman–Crippen MR) is 115 cm³/mol. The summed E-state index contributed by atoms with van der Waals surface area (Å²) in [5, 5.41) is 5.45. The Hall–Kier alpha value is -3.63. The Morgan fingerprint density at radius 1 is 1.09 bits per heavy atom. The molecular formula is C21H11ClF2N4O3S. The Morgan fingerprint density at radius 2 is 1.94 bits per heavy atom. The molecule has 5 rings (SSSR count). The van der Waals surface area contributed by atoms with Crippen molar-refractivity contribution in [3.63, 3.8) is 0 Å². The van der Waals surface area contributed by atoms with Crippen molar-refractivity contribution >= 4 is 33.2 Å². The standard InChI is InChI=1S/C21H11ClF2N4O3S/c22-14-8-11(4-5-15(14)24)19-25-17(31-26-19)10-27-16-6-7-32-18(16)20(29)28(21(27)30)13-3-1-2-12(23)9-13/h1-9H,10H2. The summed E-state index contributed by atoms with van der Waals surface area (Å²) in [5.41, 5.74) is -0.298. The molecule has 3 heterocycles. The summed E-state index contributed by atoms with van der Waals surface area (Å²) in [4.78, 5) is 30.4. The number of thiophene rings is 1. The Kier molecular flexibility index (Phi) is 4.95. The van der Waals surface area contributed by atoms with Crippen LogP contribution in [0.25, 0.3) is 27.3 Å². The average Bonchev–Trinajstić information content (AvgIpc) is 3.43. The Labute approximate surface area is 186 Å². The number of rotatable bonds is 4. The Morgan fingerprint density at radius 3 is 2.72 bits per heavy atom. The second-order valence-electron chi connectivity index (χ2n) is 6.76. The fourth-order valence-corrected chi connectivity index (χ4v) is 4.29. The molecule has 0 saturated carbocycles. The first-order valence-corrected chi connectivity index (χ1v) is 10.4. The van der Waals surface area contributed by atoms with Crippen molar-refractivity contribution in [1.82, 2.24) is 19.3 Å². The van der Waals surface area contributed by atoms with Crippen molar-refractivity contribution in [3.8, 4) is 17.1 Å². The molecule has 0 spiro atoms. The summed E-state index contributed by atoms with van der Waals surface area (Å²) in [5.74, 6) is -0.911. The van der Waals surface area contributed by atoms with Gasteiger partial charge in [-0.1, -0.05) is 22.8 Å². The van der Waals surface area contributed by atoms with E-state index in [4.69, 9.17) is 16.1 Å². The van der Waals surface area contributed by atoms with E-state index in [1.165, 1.54) is 41.0 Å². The zero-order valence-corrected chi connectivity index (χ0v) is 17.5. The Balaban J connectivity index is 1.62. The number of hydrogen-bond donors (Lipinski definition) is 0. The summed E-state index contributed by atoms with van der Waals surface area (Å²) in [6.07, 6.45) is 0. The van der Waals surface area contributed by atoms with E-state index in [-0.39, 0.29) is 29.0 Å². The summed E-state index contributed by atoms with van der Waals surface area (Å²) < 4.78 is 35.0. The smallest absolute Gasteiger partial charge is 0.336 e. The monoisotopic (exact) mass is 472 g/mol. The highest BCUT2D eigenvalue weighted by Gasteiger charge is 2.19. The molecule has 5 aromatic rings. The lowest BCUT2D eigenvalue weighted by atomic mass is 10.2. The molecular weight excluding hydrogens is 462 g/mol. The van der Waals surface area contributed by atoms with E-state index in [0.29, 0.717) is 15.8 Å². The average molecular weight is 473 g/mol. The van der Waals surface area contributed by atoms with Crippen LogP contribution >= 0.6 is 22.9 Å². The molecule has 0 radical (unpaired) electrons. The molecule has 0 unspecified atom stereocenters. The van der Waals surface area contributed by atoms with E-state index in [9.17, 15) is 18.4 Å². The van der Waals surface area contributed by atoms with Gasteiger partial charge >= 0.3 is 5.69 Å². The lowest BCUT2D eigenvalue weighted by Gasteiger charge is -2.10. The topological polar surface area (TPSA) is 82.9 Å². The van der Waals surface area contributed by atoms with Crippen LogP contribution in [0.15, 0.2) is 68.0 Å². The van der Waals surface area contributed by atoms with Crippen LogP contribution in [-0.2, 0) is 6.54 Å². The van der Waals surface area contributed by atoms with Crippen LogP contribution < -0.4 is 11.2 Å². The number of halogens is 3. The molecule has 0 saturated heterocycles. The lowest BCUT2D eigenvalue weighted by molar-refractivity contribution is 0.370. The highest BCUT2D eigenvalue weighted by atomic mass is 35.5. The van der Waals surface area contributed by atoms with Gasteiger partial charge in [0.15, 0.2) is 0 Å². The summed E-state index contributed by atoms with van der Waals surface area (Å²) in [6, 6.07) is 10.8. The van der Waals surface area contributed by atoms with Crippen LogP contribution in [0.1, 0.15) is 5.89 Å². The normalized spacial score (nSPS) is 11.3. The first-order valence-electron chi connectivity index (χ1n) is 9.19. The summed E-state index contributed by atoms with van der Waals surface area (Å²) in [6.45, 7) is -0.135. The Bertz CT molecular complexity index is 1600. The van der Waals surface area contributed by atoms with Crippen LogP contribution in [0.2, 0.25) is 5.02 Å². The van der Waals surface area contributed by atoms with Gasteiger partial charge in [0.1, 0.15) is 22.9 Å². The highest BCUT2D eigenvalue weighted by molar-refractivity contribution is 7.17. The molecule has 11 heteroatoms. The molecule has 0 atom stereocenters. The lowest BCUT2D eigenvalue weighted by Crippen LogP contribution is -2.38. The maximum absolute atomic E-state index is 13.7. The van der Waals surface area contributed by atoms with Crippen LogP contribution in [0.3, 0.4) is 0 Å². The van der Waals surface area contributed by atoms with Gasteiger partial charge in [-0.3, -0.25) is 9.36 Å². The van der Waals surface area contributed by atoms with Gasteiger partial charge in [0.05, 0.1) is 16.2 Å². The molecule has 0 bridgehead atoms. The van der Waals surface area contributed by atoms with Crippen LogP contribution in [0, 0.1) is 11.6 Å². The number of hydrogen-bond acceptors (Lipinski definition) is 6. The number of aromatic nitrogens is 4. The SMILES string of the molecule is O=c1c2sccc2n(Cc2nc(-c3ccc(F)c(Cl)c3)no2)c(=O)n1-c1cccc(F)c1. The number of benzene rings is 2. The molecule has 0 aliphatic rings. The van der Waals surface area contributed by atoms with Crippen molar-refractivity contribution in [2.24, 2.45) is 0 Å². The highest BCUT2D eigenvalue weighted by Crippen LogP contribution is 2.23. The molecule has 0 aliphatic heterocycles. The summed E-state index contributed by atoms with van der Waals surface area (Å²) >= 11 is 6.97. The minimum atomic E-state index is -0.684. The first-order chi connectivity index (χ1) is 15.4. The van der Waals surface area contributed by atoms with Crippen molar-refractivity contribution in [2.75, 3.05) is 0 Å². The minimum Gasteiger partial charge on any atom is -0.337 e. The van der Waals surface area contributed by atoms with E-state index in [0.717, 1.165) is 22.0 Å². The van der Waals surface area contributed by atoms with Crippen molar-refractivity contribution in [2.45, 2.75) is 6.54 Å². The van der Waals surface area contributed by atoms with Gasteiger partial charge in [-0.2, -0.15) is 4.98 Å². The van der Waals surface area contributed by atoms with Gasteiger partial charge in [0.25, 0.3) is 5.56 Å². The van der Waals surface area contributed by atoms with E-state index in [2.05, 4.69) is 10.1 Å². The second kappa shape index (κ2) is 7.81. The van der Waals surface area contributed by atoms with E-state index in [1.807, 2.05) is 0 Å². The molecule has 7 nitrogen and oxygen atoms in total. The van der Waals surface area contributed by atoms with Crippen molar-refractivity contribution < 1.29 is 13.3 Å².